The molecule has 0 bridgehead atoms. The summed E-state index contributed by atoms with van der Waals surface area (Å²) in [7, 11) is 0. The molecule has 17 heavy (non-hydrogen) atoms. The summed E-state index contributed by atoms with van der Waals surface area (Å²) >= 11 is 0. The van der Waals surface area contributed by atoms with Gasteiger partial charge >= 0.3 is 5.69 Å². The van der Waals surface area contributed by atoms with Crippen LogP contribution < -0.4 is 11.2 Å². The third kappa shape index (κ3) is 2.15. The Bertz CT molecular complexity index is 701. The average molecular weight is 232 g/mol. The highest BCUT2D eigenvalue weighted by Gasteiger charge is 2.06. The maximum absolute atomic E-state index is 11.5. The molecule has 2 aromatic rings. The van der Waals surface area contributed by atoms with Gasteiger partial charge in [-0.3, -0.25) is 14.3 Å². The largest absolute Gasteiger partial charge is 0.361 e. The maximum Gasteiger partial charge on any atom is 0.328 e. The Balaban J connectivity index is 2.43. The molecule has 86 valence electrons. The van der Waals surface area contributed by atoms with Crippen LogP contribution in [0.5, 0.6) is 0 Å². The maximum atomic E-state index is 11.5. The number of nitrogens with one attached hydrogen (secondary N) is 1. The predicted molar refractivity (Wildman–Crippen MR) is 56.4 cm³/mol. The van der Waals surface area contributed by atoms with E-state index in [1.54, 1.807) is 19.1 Å². The quantitative estimate of drug-likeness (QED) is 0.768. The smallest absolute Gasteiger partial charge is 0.328 e. The number of hydrogen-bond donors (Lipinski definition) is 1. The van der Waals surface area contributed by atoms with E-state index < -0.39 is 11.2 Å². The van der Waals surface area contributed by atoms with Crippen molar-refractivity contribution in [1.82, 2.24) is 14.7 Å². The molecule has 0 saturated heterocycles. The molecule has 0 aliphatic rings. The van der Waals surface area contributed by atoms with Crippen LogP contribution in [-0.4, -0.2) is 14.7 Å². The van der Waals surface area contributed by atoms with Crippen LogP contribution in [0.2, 0.25) is 0 Å². The molecule has 0 spiro atoms. The monoisotopic (exact) mass is 232 g/mol. The predicted octanol–water partition coefficient (Wildman–Crippen LogP) is -0.247. The van der Waals surface area contributed by atoms with Crippen LogP contribution >= 0.6 is 0 Å². The van der Waals surface area contributed by atoms with Crippen molar-refractivity contribution >= 4 is 0 Å². The van der Waals surface area contributed by atoms with E-state index in [-0.39, 0.29) is 12.1 Å². The van der Waals surface area contributed by atoms with Crippen LogP contribution in [0, 0.1) is 18.3 Å². The van der Waals surface area contributed by atoms with Gasteiger partial charge in [0.05, 0.1) is 6.54 Å². The third-order valence-corrected chi connectivity index (χ3v) is 2.14. The molecule has 0 aliphatic carbocycles. The number of aromatic amines is 1. The number of aromatic nitrogens is 3. The zero-order chi connectivity index (χ0) is 12.4. The third-order valence-electron chi connectivity index (χ3n) is 2.14. The lowest BCUT2D eigenvalue weighted by Crippen LogP contribution is -2.31. The van der Waals surface area contributed by atoms with E-state index in [2.05, 4.69) is 10.1 Å². The van der Waals surface area contributed by atoms with Crippen molar-refractivity contribution in [3.63, 3.8) is 0 Å². The van der Waals surface area contributed by atoms with Crippen molar-refractivity contribution in [1.29, 1.82) is 5.26 Å². The first kappa shape index (κ1) is 10.9. The molecule has 1 N–H and O–H groups in total. The average Bonchev–Trinajstić information content (AvgIpc) is 2.68. The summed E-state index contributed by atoms with van der Waals surface area (Å²) in [6, 6.07) is 3.38. The van der Waals surface area contributed by atoms with E-state index in [0.29, 0.717) is 11.5 Å². The fourth-order valence-electron chi connectivity index (χ4n) is 1.37. The first-order chi connectivity index (χ1) is 8.10. The van der Waals surface area contributed by atoms with Gasteiger partial charge in [-0.2, -0.15) is 5.26 Å². The van der Waals surface area contributed by atoms with Crippen LogP contribution in [0.25, 0.3) is 0 Å². The molecule has 2 rings (SSSR count). The minimum atomic E-state index is -0.690. The summed E-state index contributed by atoms with van der Waals surface area (Å²) in [4.78, 5) is 24.7. The van der Waals surface area contributed by atoms with Crippen LogP contribution in [0.4, 0.5) is 0 Å². The summed E-state index contributed by atoms with van der Waals surface area (Å²) in [5.41, 5.74) is -0.856. The fraction of sp³-hybridized carbons (Fsp3) is 0.200. The summed E-state index contributed by atoms with van der Waals surface area (Å²) < 4.78 is 6.05. The van der Waals surface area contributed by atoms with Gasteiger partial charge in [0.2, 0.25) is 0 Å². The number of rotatable bonds is 2. The number of H-pyrrole nitrogens is 1. The van der Waals surface area contributed by atoms with Gasteiger partial charge in [-0.25, -0.2) is 4.79 Å². The molecule has 0 aliphatic heterocycles. The molecular weight excluding hydrogens is 224 g/mol. The molecule has 0 fully saturated rings. The normalized spacial score (nSPS) is 10.1. The van der Waals surface area contributed by atoms with Crippen molar-refractivity contribution in [2.24, 2.45) is 0 Å². The van der Waals surface area contributed by atoms with Gasteiger partial charge in [-0.05, 0) is 6.92 Å². The summed E-state index contributed by atoms with van der Waals surface area (Å²) in [5.74, 6) is 0.623. The molecule has 2 aromatic heterocycles. The SMILES string of the molecule is Cc1cc(Cn2cc(C#N)c(=O)[nH]c2=O)no1. The molecule has 0 atom stereocenters. The molecule has 0 saturated carbocycles. The minimum Gasteiger partial charge on any atom is -0.361 e. The lowest BCUT2D eigenvalue weighted by Gasteiger charge is -2.01. The minimum absolute atomic E-state index is 0.121. The highest BCUT2D eigenvalue weighted by Crippen LogP contribution is 2.02. The summed E-state index contributed by atoms with van der Waals surface area (Å²) in [5, 5.41) is 12.4. The van der Waals surface area contributed by atoms with E-state index in [1.807, 2.05) is 0 Å². The van der Waals surface area contributed by atoms with Crippen LogP contribution in [0.3, 0.4) is 0 Å². The van der Waals surface area contributed by atoms with Crippen molar-refractivity contribution in [2.75, 3.05) is 0 Å². The van der Waals surface area contributed by atoms with E-state index in [4.69, 9.17) is 9.78 Å². The lowest BCUT2D eigenvalue weighted by molar-refractivity contribution is 0.388. The van der Waals surface area contributed by atoms with E-state index in [1.165, 1.54) is 10.8 Å². The highest BCUT2D eigenvalue weighted by molar-refractivity contribution is 5.22. The second-order valence-electron chi connectivity index (χ2n) is 3.47. The number of nitrogens with zero attached hydrogens (tertiary/aromatic N) is 3. The second kappa shape index (κ2) is 4.09. The van der Waals surface area contributed by atoms with Crippen molar-refractivity contribution in [3.05, 3.63) is 50.1 Å². The molecule has 7 nitrogen and oxygen atoms in total. The standard InChI is InChI=1S/C10H8N4O3/c1-6-2-8(13-17-6)5-14-4-7(3-11)9(15)12-10(14)16/h2,4H,5H2,1H3,(H,12,15,16). The van der Waals surface area contributed by atoms with Gasteiger partial charge in [-0.15, -0.1) is 0 Å². The number of aryl methyl sites for hydroxylation is 1. The van der Waals surface area contributed by atoms with Crippen LogP contribution in [-0.2, 0) is 6.54 Å². The van der Waals surface area contributed by atoms with Gasteiger partial charge in [0, 0.05) is 12.3 Å². The van der Waals surface area contributed by atoms with E-state index >= 15 is 0 Å². The van der Waals surface area contributed by atoms with Gasteiger partial charge in [0.1, 0.15) is 23.1 Å². The lowest BCUT2D eigenvalue weighted by atomic mass is 10.3. The molecular formula is C10H8N4O3. The van der Waals surface area contributed by atoms with Crippen LogP contribution in [0.15, 0.2) is 26.4 Å². The van der Waals surface area contributed by atoms with Gasteiger partial charge in [0.15, 0.2) is 0 Å². The Labute approximate surface area is 94.9 Å². The number of nitriles is 1. The zero-order valence-electron chi connectivity index (χ0n) is 8.93. The fourth-order valence-corrected chi connectivity index (χ4v) is 1.37. The molecule has 2 heterocycles. The topological polar surface area (TPSA) is 105 Å². The Morgan fingerprint density at radius 3 is 2.94 bits per heavy atom. The Morgan fingerprint density at radius 1 is 1.59 bits per heavy atom. The summed E-state index contributed by atoms with van der Waals surface area (Å²) in [6.45, 7) is 1.87. The van der Waals surface area contributed by atoms with Crippen molar-refractivity contribution in [2.45, 2.75) is 13.5 Å². The van der Waals surface area contributed by atoms with Gasteiger partial charge in [-0.1, -0.05) is 5.16 Å². The second-order valence-corrected chi connectivity index (χ2v) is 3.47. The molecule has 0 unspecified atom stereocenters. The highest BCUT2D eigenvalue weighted by atomic mass is 16.5. The zero-order valence-corrected chi connectivity index (χ0v) is 8.93. The van der Waals surface area contributed by atoms with Crippen molar-refractivity contribution in [3.8, 4) is 6.07 Å². The first-order valence-corrected chi connectivity index (χ1v) is 4.76. The van der Waals surface area contributed by atoms with Gasteiger partial charge in [0.25, 0.3) is 5.56 Å². The first-order valence-electron chi connectivity index (χ1n) is 4.76. The molecule has 0 radical (unpaired) electrons. The Kier molecular flexibility index (Phi) is 2.62. The van der Waals surface area contributed by atoms with Crippen LogP contribution in [0.1, 0.15) is 17.0 Å². The number of hydrogen-bond acceptors (Lipinski definition) is 5. The molecule has 7 heteroatoms. The Morgan fingerprint density at radius 2 is 2.35 bits per heavy atom. The van der Waals surface area contributed by atoms with Crippen molar-refractivity contribution < 1.29 is 4.52 Å². The van der Waals surface area contributed by atoms with E-state index in [9.17, 15) is 9.59 Å². The summed E-state index contributed by atoms with van der Waals surface area (Å²) in [6.07, 6.45) is 1.20. The molecule has 0 amide bonds. The Hall–Kier alpha value is -2.62. The molecule has 0 aromatic carbocycles. The van der Waals surface area contributed by atoms with E-state index in [0.717, 1.165) is 0 Å². The van der Waals surface area contributed by atoms with Gasteiger partial charge < -0.3 is 4.52 Å².